The van der Waals surface area contributed by atoms with Gasteiger partial charge in [-0.25, -0.2) is 9.97 Å². The molecular formula is C40H23N3O. The molecule has 10 rings (SSSR count). The fourth-order valence-electron chi connectivity index (χ4n) is 7.00. The first-order chi connectivity index (χ1) is 21.8. The fraction of sp³-hybridized carbons (Fsp3) is 0. The van der Waals surface area contributed by atoms with Gasteiger partial charge in [0.25, 0.3) is 0 Å². The van der Waals surface area contributed by atoms with Crippen LogP contribution < -0.4 is 4.90 Å². The molecule has 0 radical (unpaired) electrons. The van der Waals surface area contributed by atoms with E-state index in [1.54, 1.807) is 0 Å². The number of anilines is 3. The van der Waals surface area contributed by atoms with E-state index in [1.165, 1.54) is 32.7 Å². The summed E-state index contributed by atoms with van der Waals surface area (Å²) in [5.74, 6) is 0.791. The summed E-state index contributed by atoms with van der Waals surface area (Å²) in [5, 5.41) is 6.97. The molecule has 0 amide bonds. The molecule has 0 aliphatic carbocycles. The van der Waals surface area contributed by atoms with Gasteiger partial charge in [0.2, 0.25) is 0 Å². The van der Waals surface area contributed by atoms with Crippen LogP contribution in [0.5, 0.6) is 0 Å². The Hall–Kier alpha value is -6.00. The van der Waals surface area contributed by atoms with Crippen LogP contribution in [-0.4, -0.2) is 9.97 Å². The van der Waals surface area contributed by atoms with Crippen molar-refractivity contribution in [2.75, 3.05) is 4.90 Å². The normalized spacial score (nSPS) is 12.5. The maximum atomic E-state index is 6.33. The first-order valence-corrected chi connectivity index (χ1v) is 14.8. The van der Waals surface area contributed by atoms with E-state index in [2.05, 4.69) is 108 Å². The maximum Gasteiger partial charge on any atom is 0.165 e. The summed E-state index contributed by atoms with van der Waals surface area (Å²) in [4.78, 5) is 13.0. The van der Waals surface area contributed by atoms with E-state index >= 15 is 0 Å². The van der Waals surface area contributed by atoms with E-state index in [-0.39, 0.29) is 0 Å². The van der Waals surface area contributed by atoms with Crippen molar-refractivity contribution in [3.8, 4) is 22.4 Å². The number of benzene rings is 7. The maximum absolute atomic E-state index is 6.33. The van der Waals surface area contributed by atoms with Crippen molar-refractivity contribution in [2.24, 2.45) is 0 Å². The topological polar surface area (TPSA) is 42.2 Å². The standard InChI is InChI=1S/C40H23N3O/c1-2-12-27-24(9-1)19-22-31-30-14-7-10-25-11-8-17-34(37(25)30)43(39(27)31)40-38(41-32-15-4-5-16-33(32)42-40)26-20-21-29-28-13-3-6-18-35(28)44-36(29)23-26/h1-23H. The smallest absolute Gasteiger partial charge is 0.165 e. The first kappa shape index (κ1) is 23.6. The summed E-state index contributed by atoms with van der Waals surface area (Å²) < 4.78 is 6.33. The lowest BCUT2D eigenvalue weighted by Gasteiger charge is -2.34. The predicted molar refractivity (Wildman–Crippen MR) is 181 cm³/mol. The van der Waals surface area contributed by atoms with Gasteiger partial charge >= 0.3 is 0 Å². The highest BCUT2D eigenvalue weighted by atomic mass is 16.3. The molecule has 44 heavy (non-hydrogen) atoms. The molecule has 0 bridgehead atoms. The van der Waals surface area contributed by atoms with E-state index in [4.69, 9.17) is 14.4 Å². The third kappa shape index (κ3) is 3.22. The summed E-state index contributed by atoms with van der Waals surface area (Å²) in [6.45, 7) is 0. The Balaban J connectivity index is 1.34. The van der Waals surface area contributed by atoms with Crippen molar-refractivity contribution in [2.45, 2.75) is 0 Å². The Morgan fingerprint density at radius 2 is 1.23 bits per heavy atom. The van der Waals surface area contributed by atoms with Gasteiger partial charge in [-0.1, -0.05) is 103 Å². The van der Waals surface area contributed by atoms with Gasteiger partial charge in [-0.05, 0) is 52.7 Å². The van der Waals surface area contributed by atoms with Gasteiger partial charge in [0, 0.05) is 32.7 Å². The van der Waals surface area contributed by atoms with Crippen LogP contribution in [0.3, 0.4) is 0 Å². The molecule has 0 saturated heterocycles. The van der Waals surface area contributed by atoms with Crippen molar-refractivity contribution >= 4 is 71.7 Å². The zero-order valence-electron chi connectivity index (χ0n) is 23.5. The lowest BCUT2D eigenvalue weighted by Crippen LogP contribution is -2.18. The number of hydrogen-bond acceptors (Lipinski definition) is 4. The lowest BCUT2D eigenvalue weighted by molar-refractivity contribution is 0.669. The van der Waals surface area contributed by atoms with Gasteiger partial charge in [0.1, 0.15) is 16.9 Å². The minimum atomic E-state index is 0.791. The van der Waals surface area contributed by atoms with Crippen LogP contribution in [0.2, 0.25) is 0 Å². The van der Waals surface area contributed by atoms with Crippen LogP contribution in [-0.2, 0) is 0 Å². The van der Waals surface area contributed by atoms with Gasteiger partial charge < -0.3 is 4.42 Å². The van der Waals surface area contributed by atoms with E-state index < -0.39 is 0 Å². The molecule has 4 nitrogen and oxygen atoms in total. The molecule has 7 aromatic carbocycles. The SMILES string of the molecule is c1ccc2c3c(ccc2c1)-c1cccc2cccc(c12)N3c1nc2ccccc2nc1-c1ccc2c(c1)oc1ccccc12. The van der Waals surface area contributed by atoms with Gasteiger partial charge in [0.05, 0.1) is 22.4 Å². The third-order valence-electron chi connectivity index (χ3n) is 8.95. The molecule has 0 saturated carbocycles. The molecule has 0 spiro atoms. The van der Waals surface area contributed by atoms with Gasteiger partial charge in [-0.15, -0.1) is 0 Å². The molecule has 9 aromatic rings. The number of para-hydroxylation sites is 3. The molecule has 1 aliphatic heterocycles. The second kappa shape index (κ2) is 8.76. The largest absolute Gasteiger partial charge is 0.456 e. The van der Waals surface area contributed by atoms with Crippen LogP contribution >= 0.6 is 0 Å². The van der Waals surface area contributed by atoms with Gasteiger partial charge in [0.15, 0.2) is 5.82 Å². The first-order valence-electron chi connectivity index (χ1n) is 14.8. The number of fused-ring (bicyclic) bond motifs is 8. The van der Waals surface area contributed by atoms with Crippen LogP contribution in [0.1, 0.15) is 0 Å². The number of nitrogens with zero attached hydrogens (tertiary/aromatic N) is 3. The highest BCUT2D eigenvalue weighted by Gasteiger charge is 2.31. The van der Waals surface area contributed by atoms with Crippen LogP contribution in [0.25, 0.3) is 76.9 Å². The second-order valence-corrected chi connectivity index (χ2v) is 11.4. The second-order valence-electron chi connectivity index (χ2n) is 11.4. The van der Waals surface area contributed by atoms with Crippen LogP contribution in [0.4, 0.5) is 17.2 Å². The van der Waals surface area contributed by atoms with Crippen molar-refractivity contribution in [1.29, 1.82) is 0 Å². The van der Waals surface area contributed by atoms with Crippen LogP contribution in [0.15, 0.2) is 144 Å². The van der Waals surface area contributed by atoms with E-state index in [0.29, 0.717) is 0 Å². The Labute approximate surface area is 252 Å². The minimum absolute atomic E-state index is 0.791. The highest BCUT2D eigenvalue weighted by molar-refractivity contribution is 6.19. The van der Waals surface area contributed by atoms with E-state index in [1.807, 2.05) is 36.4 Å². The third-order valence-corrected chi connectivity index (χ3v) is 8.95. The summed E-state index contributed by atoms with van der Waals surface area (Å²) in [6, 6.07) is 48.9. The Bertz CT molecular complexity index is 2630. The average Bonchev–Trinajstić information content (AvgIpc) is 3.46. The summed E-state index contributed by atoms with van der Waals surface area (Å²) in [5.41, 5.74) is 9.80. The summed E-state index contributed by atoms with van der Waals surface area (Å²) in [7, 11) is 0. The number of rotatable bonds is 2. The predicted octanol–water partition coefficient (Wildman–Crippen LogP) is 11.0. The summed E-state index contributed by atoms with van der Waals surface area (Å²) in [6.07, 6.45) is 0. The highest BCUT2D eigenvalue weighted by Crippen LogP contribution is 2.54. The van der Waals surface area contributed by atoms with Crippen molar-refractivity contribution in [3.05, 3.63) is 140 Å². The van der Waals surface area contributed by atoms with Gasteiger partial charge in [-0.2, -0.15) is 0 Å². The molecule has 3 heterocycles. The molecule has 4 heteroatoms. The Kier molecular flexibility index (Phi) is 4.69. The van der Waals surface area contributed by atoms with Crippen molar-refractivity contribution in [3.63, 3.8) is 0 Å². The molecule has 0 atom stereocenters. The van der Waals surface area contributed by atoms with Gasteiger partial charge in [-0.3, -0.25) is 4.90 Å². The molecule has 2 aromatic heterocycles. The molecule has 204 valence electrons. The fourth-order valence-corrected chi connectivity index (χ4v) is 7.00. The molecule has 0 fully saturated rings. The monoisotopic (exact) mass is 561 g/mol. The lowest BCUT2D eigenvalue weighted by atomic mass is 9.88. The Morgan fingerprint density at radius 3 is 2.14 bits per heavy atom. The minimum Gasteiger partial charge on any atom is -0.456 e. The van der Waals surface area contributed by atoms with E-state index in [9.17, 15) is 0 Å². The zero-order valence-corrected chi connectivity index (χ0v) is 23.5. The molecule has 0 unspecified atom stereocenters. The molecular weight excluding hydrogens is 538 g/mol. The van der Waals surface area contributed by atoms with Crippen LogP contribution in [0, 0.1) is 0 Å². The van der Waals surface area contributed by atoms with Crippen molar-refractivity contribution in [1.82, 2.24) is 9.97 Å². The average molecular weight is 562 g/mol. The van der Waals surface area contributed by atoms with Crippen molar-refractivity contribution < 1.29 is 4.42 Å². The number of aromatic nitrogens is 2. The van der Waals surface area contributed by atoms with E-state index in [0.717, 1.165) is 61.4 Å². The number of furan rings is 1. The summed E-state index contributed by atoms with van der Waals surface area (Å²) >= 11 is 0. The molecule has 0 N–H and O–H groups in total. The Morgan fingerprint density at radius 1 is 0.500 bits per heavy atom. The zero-order chi connectivity index (χ0) is 28.8. The number of hydrogen-bond donors (Lipinski definition) is 0. The molecule has 1 aliphatic rings. The quantitative estimate of drug-likeness (QED) is 0.211.